The number of halogens is 3. The van der Waals surface area contributed by atoms with E-state index in [1.54, 1.807) is 0 Å². The fourth-order valence-electron chi connectivity index (χ4n) is 7.09. The molecule has 0 heterocycles. The van der Waals surface area contributed by atoms with Crippen LogP contribution < -0.4 is 15.6 Å². The van der Waals surface area contributed by atoms with Gasteiger partial charge in [-0.3, -0.25) is 6.08 Å². The fraction of sp³-hybridized carbons (Fsp3) is 0.542. The van der Waals surface area contributed by atoms with Gasteiger partial charge in [0.15, 0.2) is 0 Å². The monoisotopic (exact) mass is 829 g/mol. The van der Waals surface area contributed by atoms with Gasteiger partial charge in [-0.2, -0.15) is 11.3 Å². The van der Waals surface area contributed by atoms with E-state index in [1.165, 1.54) is 59.7 Å². The molecule has 0 atom stereocenters. The van der Waals surface area contributed by atoms with Crippen molar-refractivity contribution in [3.8, 4) is 0 Å². The van der Waals surface area contributed by atoms with Gasteiger partial charge in [-0.1, -0.05) is 202 Å². The molecule has 53 heavy (non-hydrogen) atoms. The Hall–Kier alpha value is -1.06. The van der Waals surface area contributed by atoms with E-state index in [1.807, 2.05) is 0 Å². The van der Waals surface area contributed by atoms with Crippen LogP contribution in [0.4, 0.5) is 0 Å². The summed E-state index contributed by atoms with van der Waals surface area (Å²) in [5.74, 6) is 0. The molecule has 0 spiro atoms. The van der Waals surface area contributed by atoms with Crippen LogP contribution in [0.2, 0.25) is 0 Å². The average molecular weight is 831 g/mol. The zero-order valence-corrected chi connectivity index (χ0v) is 41.7. The Balaban J connectivity index is 0.00000676. The van der Waals surface area contributed by atoms with Crippen LogP contribution in [0.15, 0.2) is 71.4 Å². The number of benzene rings is 3. The van der Waals surface area contributed by atoms with E-state index in [0.29, 0.717) is 0 Å². The molecule has 1 aliphatic carbocycles. The molecule has 294 valence electrons. The molecule has 5 heteroatoms. The molecule has 3 aromatic carbocycles. The van der Waals surface area contributed by atoms with Crippen LogP contribution in [0.25, 0.3) is 0 Å². The third kappa shape index (κ3) is 11.1. The number of allylic oxidation sites excluding steroid dienone is 4. The fourth-order valence-corrected chi connectivity index (χ4v) is 12.3. The van der Waals surface area contributed by atoms with Crippen LogP contribution in [0.3, 0.4) is 0 Å². The first kappa shape index (κ1) is 51.9. The summed E-state index contributed by atoms with van der Waals surface area (Å²) in [6, 6.07) is 23.2. The van der Waals surface area contributed by atoms with Gasteiger partial charge < -0.3 is 0 Å². The van der Waals surface area contributed by atoms with Crippen molar-refractivity contribution in [1.82, 2.24) is 0 Å². The average Bonchev–Trinajstić information content (AvgIpc) is 3.36. The molecule has 0 nitrogen and oxygen atoms in total. The van der Waals surface area contributed by atoms with Gasteiger partial charge >= 0.3 is 0 Å². The van der Waals surface area contributed by atoms with Crippen molar-refractivity contribution in [3.05, 3.63) is 111 Å². The maximum absolute atomic E-state index is 3.81. The van der Waals surface area contributed by atoms with Gasteiger partial charge in [-0.15, -0.1) is 43.6 Å². The molecule has 0 fully saturated rings. The predicted octanol–water partition coefficient (Wildman–Crippen LogP) is 12.8. The van der Waals surface area contributed by atoms with E-state index in [-0.39, 0.29) is 91.4 Å². The first-order valence-electron chi connectivity index (χ1n) is 18.7. The second kappa shape index (κ2) is 17.2. The molecule has 3 aromatic rings. The van der Waals surface area contributed by atoms with Crippen molar-refractivity contribution in [2.24, 2.45) is 0 Å². The van der Waals surface area contributed by atoms with Gasteiger partial charge in [0.2, 0.25) is 0 Å². The van der Waals surface area contributed by atoms with Gasteiger partial charge in [0.05, 0.1) is 8.07 Å². The van der Waals surface area contributed by atoms with E-state index in [0.717, 1.165) is 6.42 Å². The molecule has 0 unspecified atom stereocenters. The van der Waals surface area contributed by atoms with Crippen molar-refractivity contribution in [1.29, 1.82) is 0 Å². The Morgan fingerprint density at radius 2 is 0.604 bits per heavy atom. The van der Waals surface area contributed by atoms with Crippen molar-refractivity contribution in [3.63, 3.8) is 0 Å². The SMILES string of the molecule is CC1=[C-]CC=C1[Si](c1cc(C(C)(C)C)cc(C(C)(C)C)c1)(c1cc(C(C)(C)C)cc(C(C)(C)C)c1)c1cc(C(C)(C)C)cc(C(C)(C)C)c1.Cl.Cl.Cl.[Ti]. The van der Waals surface area contributed by atoms with Gasteiger partial charge in [-0.05, 0) is 65.9 Å². The first-order valence-corrected chi connectivity index (χ1v) is 20.7. The summed E-state index contributed by atoms with van der Waals surface area (Å²) < 4.78 is 0. The van der Waals surface area contributed by atoms with Crippen molar-refractivity contribution in [2.45, 2.75) is 170 Å². The molecule has 0 N–H and O–H groups in total. The number of hydrogen-bond donors (Lipinski definition) is 0. The minimum absolute atomic E-state index is 0. The molecule has 0 saturated heterocycles. The second-order valence-electron chi connectivity index (χ2n) is 21.3. The second-order valence-corrected chi connectivity index (χ2v) is 25.0. The zero-order valence-electron chi connectivity index (χ0n) is 36.7. The van der Waals surface area contributed by atoms with Crippen LogP contribution in [-0.4, -0.2) is 8.07 Å². The summed E-state index contributed by atoms with van der Waals surface area (Å²) >= 11 is 0. The molecule has 4 rings (SSSR count). The largest absolute Gasteiger partial charge is 0.270 e. The van der Waals surface area contributed by atoms with Gasteiger partial charge in [-0.25, -0.2) is 5.57 Å². The quantitative estimate of drug-likeness (QED) is 0.140. The molecule has 0 amide bonds. The maximum Gasteiger partial charge on any atom is 0.0994 e. The molecular formula is C48H72Cl3SiTi-. The summed E-state index contributed by atoms with van der Waals surface area (Å²) in [5, 5.41) is 6.00. The summed E-state index contributed by atoms with van der Waals surface area (Å²) in [4.78, 5) is 0. The minimum atomic E-state index is -2.95. The van der Waals surface area contributed by atoms with Gasteiger partial charge in [0, 0.05) is 21.7 Å². The van der Waals surface area contributed by atoms with Crippen LogP contribution in [-0.2, 0) is 54.2 Å². The topological polar surface area (TPSA) is 0 Å². The van der Waals surface area contributed by atoms with Crippen molar-refractivity contribution < 1.29 is 21.7 Å². The van der Waals surface area contributed by atoms with Gasteiger partial charge in [0.1, 0.15) is 0 Å². The third-order valence-electron chi connectivity index (χ3n) is 10.8. The first-order chi connectivity index (χ1) is 22.0. The van der Waals surface area contributed by atoms with E-state index in [4.69, 9.17) is 0 Å². The van der Waals surface area contributed by atoms with Crippen molar-refractivity contribution in [2.75, 3.05) is 0 Å². The van der Waals surface area contributed by atoms with Crippen LogP contribution in [0, 0.1) is 6.08 Å². The smallest absolute Gasteiger partial charge is 0.0994 e. The number of hydrogen-bond acceptors (Lipinski definition) is 0. The Morgan fingerprint density at radius 1 is 0.396 bits per heavy atom. The molecule has 0 saturated carbocycles. The third-order valence-corrected chi connectivity index (χ3v) is 15.6. The van der Waals surface area contributed by atoms with E-state index in [2.05, 4.69) is 198 Å². The minimum Gasteiger partial charge on any atom is -0.270 e. The van der Waals surface area contributed by atoms with Crippen molar-refractivity contribution >= 4 is 60.9 Å². The Kier molecular flexibility index (Phi) is 16.9. The van der Waals surface area contributed by atoms with Crippen LogP contribution >= 0.6 is 37.2 Å². The van der Waals surface area contributed by atoms with E-state index < -0.39 is 8.07 Å². The Morgan fingerprint density at radius 3 is 0.755 bits per heavy atom. The zero-order chi connectivity index (χ0) is 37.3. The molecular weight excluding hydrogens is 759 g/mol. The summed E-state index contributed by atoms with van der Waals surface area (Å²) in [6.07, 6.45) is 7.23. The predicted molar refractivity (Wildman–Crippen MR) is 243 cm³/mol. The maximum atomic E-state index is 3.81. The van der Waals surface area contributed by atoms with E-state index in [9.17, 15) is 0 Å². The Bertz CT molecular complexity index is 1510. The van der Waals surface area contributed by atoms with Crippen LogP contribution in [0.1, 0.15) is 171 Å². The van der Waals surface area contributed by atoms with E-state index >= 15 is 0 Å². The van der Waals surface area contributed by atoms with Gasteiger partial charge in [0.25, 0.3) is 0 Å². The number of rotatable bonds is 4. The molecule has 1 aliphatic rings. The molecule has 0 bridgehead atoms. The summed E-state index contributed by atoms with van der Waals surface area (Å²) in [7, 11) is -2.95. The standard InChI is InChI=1S/C48H69Si.3ClH.Ti/c1-32-21-20-22-42(32)49(39-26-33(43(2,3)4)23-34(27-39)44(5,6)7,40-28-35(45(8,9)10)24-36(29-40)46(11,12)13)41-30-37(47(14,15)16)25-38(31-41)48(17,18)19;;;;/h22-31H,20H2,1-19H3;3*1H;/q-1;;;;. The molecule has 0 aliphatic heterocycles. The molecule has 0 aromatic heterocycles. The Labute approximate surface area is 361 Å². The summed E-state index contributed by atoms with van der Waals surface area (Å²) in [5.41, 5.74) is 9.86. The normalized spacial score (nSPS) is 14.2. The summed E-state index contributed by atoms with van der Waals surface area (Å²) in [6.45, 7) is 45.2. The molecule has 0 radical (unpaired) electrons. The van der Waals surface area contributed by atoms with Crippen LogP contribution in [0.5, 0.6) is 0 Å².